The summed E-state index contributed by atoms with van der Waals surface area (Å²) in [6.45, 7) is 2.33. The Bertz CT molecular complexity index is 426. The third-order valence-corrected chi connectivity index (χ3v) is 6.93. The van der Waals surface area contributed by atoms with Crippen molar-refractivity contribution in [3.8, 4) is 0 Å². The van der Waals surface area contributed by atoms with E-state index in [9.17, 15) is 13.2 Å². The second-order valence-electron chi connectivity index (χ2n) is 5.42. The maximum Gasteiger partial charge on any atom is 0.303 e. The highest BCUT2D eigenvalue weighted by atomic mass is 32.2. The molecule has 2 unspecified atom stereocenters. The van der Waals surface area contributed by atoms with E-state index in [0.29, 0.717) is 17.0 Å². The molecule has 2 aliphatic heterocycles. The number of nitrogens with zero attached hydrogens (tertiary/aromatic N) is 1. The fourth-order valence-corrected chi connectivity index (χ4v) is 5.57. The molecule has 2 heterocycles. The Morgan fingerprint density at radius 3 is 2.42 bits per heavy atom. The lowest BCUT2D eigenvalue weighted by atomic mass is 9.99. The Morgan fingerprint density at radius 2 is 1.89 bits per heavy atom. The molecule has 0 spiro atoms. The van der Waals surface area contributed by atoms with Crippen LogP contribution in [0, 0.1) is 5.92 Å². The van der Waals surface area contributed by atoms with Gasteiger partial charge in [0.1, 0.15) is 0 Å². The summed E-state index contributed by atoms with van der Waals surface area (Å²) < 4.78 is 27.3. The van der Waals surface area contributed by atoms with Crippen LogP contribution in [-0.2, 0) is 15.0 Å². The highest BCUT2D eigenvalue weighted by Crippen LogP contribution is 2.45. The van der Waals surface area contributed by atoms with Gasteiger partial charge in [-0.2, -0.15) is 24.5 Å². The highest BCUT2D eigenvalue weighted by Gasteiger charge is 2.38. The van der Waals surface area contributed by atoms with Crippen LogP contribution in [0.15, 0.2) is 0 Å². The number of carbonyl (C=O) groups is 1. The van der Waals surface area contributed by atoms with Crippen LogP contribution in [0.25, 0.3) is 0 Å². The van der Waals surface area contributed by atoms with Crippen LogP contribution in [-0.4, -0.2) is 42.7 Å². The second kappa shape index (κ2) is 6.01. The van der Waals surface area contributed by atoms with Crippen molar-refractivity contribution in [1.29, 1.82) is 0 Å². The lowest BCUT2D eigenvalue weighted by Crippen LogP contribution is -2.45. The number of fused-ring (bicyclic) bond motifs is 2. The predicted molar refractivity (Wildman–Crippen MR) is 77.1 cm³/mol. The smallest absolute Gasteiger partial charge is 0.274 e. The first-order valence-electron chi connectivity index (χ1n) is 6.85. The molecule has 2 atom stereocenters. The molecule has 1 N–H and O–H groups in total. The molecule has 0 aliphatic carbocycles. The van der Waals surface area contributed by atoms with Crippen LogP contribution < -0.4 is 4.72 Å². The van der Waals surface area contributed by atoms with Crippen LogP contribution in [0.4, 0.5) is 0 Å². The van der Waals surface area contributed by atoms with Crippen molar-refractivity contribution in [2.24, 2.45) is 5.92 Å². The molecule has 0 aromatic heterocycles. The number of thioether (sulfide) groups is 1. The van der Waals surface area contributed by atoms with Gasteiger partial charge in [0.05, 0.1) is 0 Å². The van der Waals surface area contributed by atoms with E-state index >= 15 is 0 Å². The molecule has 2 fully saturated rings. The van der Waals surface area contributed by atoms with Gasteiger partial charge in [0.2, 0.25) is 5.91 Å². The molecular weight excluding hydrogens is 284 g/mol. The summed E-state index contributed by atoms with van der Waals surface area (Å²) in [5.74, 6) is -0.455. The van der Waals surface area contributed by atoms with Gasteiger partial charge < -0.3 is 0 Å². The van der Waals surface area contributed by atoms with Crippen LogP contribution in [0.3, 0.4) is 0 Å². The molecular formula is C12H22N2O3S2. The van der Waals surface area contributed by atoms with Crippen molar-refractivity contribution in [2.75, 3.05) is 13.6 Å². The first-order chi connectivity index (χ1) is 8.92. The molecule has 2 aliphatic rings. The van der Waals surface area contributed by atoms with Crippen LogP contribution in [0.1, 0.15) is 39.0 Å². The van der Waals surface area contributed by atoms with Crippen LogP contribution >= 0.6 is 11.8 Å². The molecule has 0 saturated carbocycles. The largest absolute Gasteiger partial charge is 0.303 e. The fourth-order valence-electron chi connectivity index (χ4n) is 2.80. The molecule has 0 aromatic carbocycles. The summed E-state index contributed by atoms with van der Waals surface area (Å²) in [5.41, 5.74) is 0. The average molecular weight is 306 g/mol. The van der Waals surface area contributed by atoms with Gasteiger partial charge in [-0.15, -0.1) is 0 Å². The third-order valence-electron chi connectivity index (χ3n) is 3.84. The molecule has 0 radical (unpaired) electrons. The van der Waals surface area contributed by atoms with Crippen molar-refractivity contribution in [3.05, 3.63) is 0 Å². The zero-order chi connectivity index (χ0) is 14.0. The van der Waals surface area contributed by atoms with Crippen molar-refractivity contribution in [3.63, 3.8) is 0 Å². The van der Waals surface area contributed by atoms with E-state index in [-0.39, 0.29) is 11.8 Å². The Morgan fingerprint density at radius 1 is 1.32 bits per heavy atom. The Kier molecular flexibility index (Phi) is 4.79. The lowest BCUT2D eigenvalue weighted by Gasteiger charge is -2.27. The Hall–Kier alpha value is -0.270. The molecule has 0 aromatic rings. The van der Waals surface area contributed by atoms with E-state index in [1.54, 1.807) is 0 Å². The maximum atomic E-state index is 12.1. The zero-order valence-electron chi connectivity index (χ0n) is 11.5. The number of carbonyl (C=O) groups excluding carboxylic acids is 1. The van der Waals surface area contributed by atoms with E-state index in [1.807, 2.05) is 18.7 Å². The van der Waals surface area contributed by atoms with Gasteiger partial charge in [-0.3, -0.25) is 4.79 Å². The van der Waals surface area contributed by atoms with Crippen molar-refractivity contribution in [2.45, 2.75) is 49.5 Å². The maximum absolute atomic E-state index is 12.1. The van der Waals surface area contributed by atoms with Gasteiger partial charge in [0.15, 0.2) is 0 Å². The SMILES string of the molecule is CCCN(C)S(=O)(=O)NC(=O)C1CC2CCC(C1)S2. The zero-order valence-corrected chi connectivity index (χ0v) is 13.1. The minimum Gasteiger partial charge on any atom is -0.274 e. The van der Waals surface area contributed by atoms with Crippen LogP contribution in [0.5, 0.6) is 0 Å². The fraction of sp³-hybridized carbons (Fsp3) is 0.917. The molecule has 19 heavy (non-hydrogen) atoms. The minimum absolute atomic E-state index is 0.136. The first-order valence-corrected chi connectivity index (χ1v) is 9.24. The molecule has 2 saturated heterocycles. The van der Waals surface area contributed by atoms with E-state index in [1.165, 1.54) is 24.2 Å². The van der Waals surface area contributed by atoms with Gasteiger partial charge in [-0.25, -0.2) is 4.72 Å². The molecule has 110 valence electrons. The number of hydrogen-bond donors (Lipinski definition) is 1. The van der Waals surface area contributed by atoms with E-state index in [4.69, 9.17) is 0 Å². The summed E-state index contributed by atoms with van der Waals surface area (Å²) in [7, 11) is -2.16. The number of rotatable bonds is 5. The topological polar surface area (TPSA) is 66.5 Å². The predicted octanol–water partition coefficient (Wildman–Crippen LogP) is 1.36. The second-order valence-corrected chi connectivity index (χ2v) is 8.80. The summed E-state index contributed by atoms with van der Waals surface area (Å²) in [6, 6.07) is 0. The Labute approximate surface area is 119 Å². The normalized spacial score (nSPS) is 30.6. The van der Waals surface area contributed by atoms with Gasteiger partial charge in [0, 0.05) is 30.0 Å². The molecule has 1 amide bonds. The van der Waals surface area contributed by atoms with Crippen molar-refractivity contribution in [1.82, 2.24) is 9.03 Å². The quantitative estimate of drug-likeness (QED) is 0.833. The standard InChI is InChI=1S/C12H22N2O3S2/c1-3-6-14(2)19(16,17)13-12(15)9-7-10-4-5-11(8-9)18-10/h9-11H,3-8H2,1-2H3,(H,13,15). The van der Waals surface area contributed by atoms with E-state index in [0.717, 1.165) is 19.3 Å². The molecule has 5 nitrogen and oxygen atoms in total. The van der Waals surface area contributed by atoms with Gasteiger partial charge in [0.25, 0.3) is 0 Å². The third kappa shape index (κ3) is 3.64. The molecule has 2 rings (SSSR count). The van der Waals surface area contributed by atoms with Gasteiger partial charge >= 0.3 is 10.2 Å². The van der Waals surface area contributed by atoms with E-state index in [2.05, 4.69) is 4.72 Å². The number of nitrogens with one attached hydrogen (secondary N) is 1. The lowest BCUT2D eigenvalue weighted by molar-refractivity contribution is -0.123. The summed E-state index contributed by atoms with van der Waals surface area (Å²) >= 11 is 1.97. The Balaban J connectivity index is 1.94. The average Bonchev–Trinajstić information content (AvgIpc) is 2.68. The van der Waals surface area contributed by atoms with E-state index < -0.39 is 10.2 Å². The van der Waals surface area contributed by atoms with Gasteiger partial charge in [-0.05, 0) is 32.1 Å². The monoisotopic (exact) mass is 306 g/mol. The first kappa shape index (κ1) is 15.1. The van der Waals surface area contributed by atoms with Crippen molar-refractivity contribution >= 4 is 27.9 Å². The number of amides is 1. The number of hydrogen-bond acceptors (Lipinski definition) is 4. The summed E-state index contributed by atoms with van der Waals surface area (Å²) in [4.78, 5) is 12.1. The molecule has 2 bridgehead atoms. The van der Waals surface area contributed by atoms with Gasteiger partial charge in [-0.1, -0.05) is 6.92 Å². The summed E-state index contributed by atoms with van der Waals surface area (Å²) in [6.07, 6.45) is 4.71. The molecule has 7 heteroatoms. The highest BCUT2D eigenvalue weighted by molar-refractivity contribution is 8.00. The van der Waals surface area contributed by atoms with Crippen molar-refractivity contribution < 1.29 is 13.2 Å². The minimum atomic E-state index is -3.66. The summed E-state index contributed by atoms with van der Waals surface area (Å²) in [5, 5.41) is 1.09. The van der Waals surface area contributed by atoms with Crippen LogP contribution in [0.2, 0.25) is 0 Å².